The summed E-state index contributed by atoms with van der Waals surface area (Å²) in [5.74, 6) is 0. The van der Waals surface area contributed by atoms with Crippen LogP contribution in [0.5, 0.6) is 0 Å². The van der Waals surface area contributed by atoms with Crippen molar-refractivity contribution in [3.63, 3.8) is 0 Å². The van der Waals surface area contributed by atoms with Crippen molar-refractivity contribution in [3.05, 3.63) is 35.4 Å². The van der Waals surface area contributed by atoms with E-state index >= 15 is 0 Å². The lowest BCUT2D eigenvalue weighted by Crippen LogP contribution is -1.89. The molecule has 0 aliphatic rings. The van der Waals surface area contributed by atoms with Crippen molar-refractivity contribution in [3.8, 4) is 0 Å². The Balaban J connectivity index is 2.30. The number of hydrogen-bond acceptors (Lipinski definition) is 0. The Morgan fingerprint density at radius 3 is 1.31 bits per heavy atom. The predicted octanol–water partition coefficient (Wildman–Crippen LogP) is 5.12. The van der Waals surface area contributed by atoms with Crippen LogP contribution >= 0.6 is 31.9 Å². The lowest BCUT2D eigenvalue weighted by molar-refractivity contribution is 0.796. The molecule has 0 N–H and O–H groups in total. The van der Waals surface area contributed by atoms with Crippen LogP contribution in [-0.2, 0) is 12.8 Å². The monoisotopic (exact) mass is 346 g/mol. The Morgan fingerprint density at radius 1 is 0.625 bits per heavy atom. The lowest BCUT2D eigenvalue weighted by Gasteiger charge is -2.03. The van der Waals surface area contributed by atoms with E-state index in [0.29, 0.717) is 0 Å². The first-order valence-corrected chi connectivity index (χ1v) is 8.31. The zero-order valence-corrected chi connectivity index (χ0v) is 12.9. The van der Waals surface area contributed by atoms with Crippen LogP contribution < -0.4 is 0 Å². The number of alkyl halides is 2. The van der Waals surface area contributed by atoms with E-state index in [2.05, 4.69) is 56.1 Å². The van der Waals surface area contributed by atoms with Gasteiger partial charge in [-0.3, -0.25) is 0 Å². The molecule has 0 heterocycles. The molecule has 0 spiro atoms. The molecule has 16 heavy (non-hydrogen) atoms. The van der Waals surface area contributed by atoms with Gasteiger partial charge in [-0.2, -0.15) is 0 Å². The van der Waals surface area contributed by atoms with E-state index in [1.54, 1.807) is 0 Å². The highest BCUT2D eigenvalue weighted by atomic mass is 79.9. The molecule has 1 aromatic rings. The van der Waals surface area contributed by atoms with Crippen molar-refractivity contribution in [2.45, 2.75) is 38.5 Å². The molecular weight excluding hydrogens is 328 g/mol. The normalized spacial score (nSPS) is 10.6. The molecule has 1 rings (SSSR count). The maximum Gasteiger partial charge on any atom is 0.00314 e. The van der Waals surface area contributed by atoms with Crippen LogP contribution in [0.15, 0.2) is 24.3 Å². The van der Waals surface area contributed by atoms with Crippen molar-refractivity contribution in [2.75, 3.05) is 10.7 Å². The summed E-state index contributed by atoms with van der Waals surface area (Å²) >= 11 is 6.93. The first kappa shape index (κ1) is 14.2. The first-order chi connectivity index (χ1) is 7.86. The highest BCUT2D eigenvalue weighted by Crippen LogP contribution is 2.11. The molecule has 0 unspecified atom stereocenters. The minimum atomic E-state index is 1.12. The summed E-state index contributed by atoms with van der Waals surface area (Å²) in [5.41, 5.74) is 2.95. The number of halogens is 2. The number of unbranched alkanes of at least 4 members (excludes halogenated alkanes) is 2. The average molecular weight is 348 g/mol. The molecule has 0 atom stereocenters. The third-order valence-electron chi connectivity index (χ3n) is 2.72. The number of hydrogen-bond donors (Lipinski definition) is 0. The quantitative estimate of drug-likeness (QED) is 0.452. The van der Waals surface area contributed by atoms with Gasteiger partial charge in [0, 0.05) is 10.7 Å². The van der Waals surface area contributed by atoms with Crippen LogP contribution in [0, 0.1) is 0 Å². The summed E-state index contributed by atoms with van der Waals surface area (Å²) in [6.07, 6.45) is 7.54. The zero-order chi connectivity index (χ0) is 11.6. The molecule has 0 saturated heterocycles. The van der Waals surface area contributed by atoms with E-state index in [0.717, 1.165) is 10.7 Å². The molecule has 0 saturated carbocycles. The molecule has 0 aromatic heterocycles. The van der Waals surface area contributed by atoms with Gasteiger partial charge < -0.3 is 0 Å². The van der Waals surface area contributed by atoms with Crippen LogP contribution in [0.3, 0.4) is 0 Å². The van der Waals surface area contributed by atoms with Gasteiger partial charge in [-0.1, -0.05) is 56.1 Å². The molecule has 90 valence electrons. The molecule has 0 aliphatic heterocycles. The van der Waals surface area contributed by atoms with Crippen molar-refractivity contribution in [1.82, 2.24) is 0 Å². The van der Waals surface area contributed by atoms with Crippen LogP contribution in [0.25, 0.3) is 0 Å². The van der Waals surface area contributed by atoms with Crippen molar-refractivity contribution in [2.24, 2.45) is 0 Å². The van der Waals surface area contributed by atoms with Crippen LogP contribution in [0.1, 0.15) is 36.8 Å². The molecule has 2 heteroatoms. The molecule has 0 radical (unpaired) electrons. The molecule has 0 amide bonds. The fourth-order valence-electron chi connectivity index (χ4n) is 1.72. The number of rotatable bonds is 8. The van der Waals surface area contributed by atoms with Crippen molar-refractivity contribution < 1.29 is 0 Å². The van der Waals surface area contributed by atoms with Crippen molar-refractivity contribution in [1.29, 1.82) is 0 Å². The topological polar surface area (TPSA) is 0 Å². The fraction of sp³-hybridized carbons (Fsp3) is 0.571. The van der Waals surface area contributed by atoms with Gasteiger partial charge in [0.15, 0.2) is 0 Å². The van der Waals surface area contributed by atoms with E-state index in [1.807, 2.05) is 0 Å². The van der Waals surface area contributed by atoms with Gasteiger partial charge in [0.05, 0.1) is 0 Å². The van der Waals surface area contributed by atoms with Gasteiger partial charge in [-0.15, -0.1) is 0 Å². The second-order valence-corrected chi connectivity index (χ2v) is 5.69. The Bertz CT molecular complexity index is 238. The molecule has 0 nitrogen and oxygen atoms in total. The summed E-state index contributed by atoms with van der Waals surface area (Å²) in [7, 11) is 0. The average Bonchev–Trinajstić information content (AvgIpc) is 2.32. The predicted molar refractivity (Wildman–Crippen MR) is 79.9 cm³/mol. The fourth-order valence-corrected chi connectivity index (χ4v) is 2.51. The van der Waals surface area contributed by atoms with E-state index in [1.165, 1.54) is 49.7 Å². The molecule has 1 aromatic carbocycles. The van der Waals surface area contributed by atoms with Crippen LogP contribution in [-0.4, -0.2) is 10.7 Å². The second-order valence-electron chi connectivity index (χ2n) is 4.11. The standard InChI is InChI=1S/C14H20Br2/c15-11-3-1-5-13-7-9-14(10-8-13)6-2-4-12-16/h7-10H,1-6,11-12H2. The van der Waals surface area contributed by atoms with Gasteiger partial charge in [-0.05, 0) is 49.7 Å². The van der Waals surface area contributed by atoms with Gasteiger partial charge in [0.2, 0.25) is 0 Å². The zero-order valence-electron chi connectivity index (χ0n) is 9.72. The Labute approximate surface area is 116 Å². The van der Waals surface area contributed by atoms with Gasteiger partial charge >= 0.3 is 0 Å². The largest absolute Gasteiger partial charge is 0.0928 e. The van der Waals surface area contributed by atoms with Gasteiger partial charge in [0.25, 0.3) is 0 Å². The SMILES string of the molecule is BrCCCCc1ccc(CCCCBr)cc1. The minimum Gasteiger partial charge on any atom is -0.0928 e. The Kier molecular flexibility index (Phi) is 8.22. The molecular formula is C14H20Br2. The van der Waals surface area contributed by atoms with E-state index in [-0.39, 0.29) is 0 Å². The minimum absolute atomic E-state index is 1.12. The molecule has 0 fully saturated rings. The summed E-state index contributed by atoms with van der Waals surface area (Å²) in [6, 6.07) is 9.16. The van der Waals surface area contributed by atoms with Gasteiger partial charge in [-0.25, -0.2) is 0 Å². The lowest BCUT2D eigenvalue weighted by atomic mass is 10.0. The maximum absolute atomic E-state index is 3.47. The maximum atomic E-state index is 3.47. The number of benzene rings is 1. The molecule has 0 bridgehead atoms. The van der Waals surface area contributed by atoms with Crippen LogP contribution in [0.2, 0.25) is 0 Å². The van der Waals surface area contributed by atoms with Gasteiger partial charge in [0.1, 0.15) is 0 Å². The summed E-state index contributed by atoms with van der Waals surface area (Å²) < 4.78 is 0. The molecule has 0 aliphatic carbocycles. The first-order valence-electron chi connectivity index (χ1n) is 6.06. The van der Waals surface area contributed by atoms with E-state index < -0.39 is 0 Å². The smallest absolute Gasteiger partial charge is 0.00314 e. The summed E-state index contributed by atoms with van der Waals surface area (Å²) in [4.78, 5) is 0. The van der Waals surface area contributed by atoms with E-state index in [9.17, 15) is 0 Å². The Morgan fingerprint density at radius 2 is 1.00 bits per heavy atom. The number of aryl methyl sites for hydroxylation is 2. The summed E-state index contributed by atoms with van der Waals surface area (Å²) in [5, 5.41) is 2.25. The third-order valence-corrected chi connectivity index (χ3v) is 3.84. The summed E-state index contributed by atoms with van der Waals surface area (Å²) in [6.45, 7) is 0. The highest BCUT2D eigenvalue weighted by Gasteiger charge is 1.95. The Hall–Kier alpha value is 0.180. The third kappa shape index (κ3) is 6.05. The van der Waals surface area contributed by atoms with E-state index in [4.69, 9.17) is 0 Å². The van der Waals surface area contributed by atoms with Crippen LogP contribution in [0.4, 0.5) is 0 Å². The second kappa shape index (κ2) is 9.23. The highest BCUT2D eigenvalue weighted by molar-refractivity contribution is 9.09. The van der Waals surface area contributed by atoms with Crippen molar-refractivity contribution >= 4 is 31.9 Å².